The molecule has 1 heterocycles. The van der Waals surface area contributed by atoms with Crippen molar-refractivity contribution >= 4 is 53.3 Å². The molecule has 0 radical (unpaired) electrons. The number of nitrogens with zero attached hydrogens (tertiary/aromatic N) is 1. The number of carbonyl (C=O) groups is 9. The summed E-state index contributed by atoms with van der Waals surface area (Å²) in [5, 5.41) is 33.1. The number of aromatic amines is 1. The van der Waals surface area contributed by atoms with Crippen molar-refractivity contribution in [1.29, 1.82) is 0 Å². The minimum atomic E-state index is -1.75. The van der Waals surface area contributed by atoms with Crippen LogP contribution in [-0.2, 0) is 56.0 Å². The predicted molar refractivity (Wildman–Crippen MR) is 197 cm³/mol. The van der Waals surface area contributed by atoms with Gasteiger partial charge in [0, 0.05) is 31.2 Å². The topological polar surface area (TPSA) is 347 Å². The van der Waals surface area contributed by atoms with Crippen LogP contribution >= 0.6 is 0 Å². The number of carboxylic acids is 2. The summed E-state index contributed by atoms with van der Waals surface area (Å²) in [6.07, 6.45) is 0.639. The van der Waals surface area contributed by atoms with E-state index in [1.165, 1.54) is 19.4 Å². The number of hydrogen-bond acceptors (Lipinski definition) is 11. The van der Waals surface area contributed by atoms with Crippen LogP contribution in [-0.4, -0.2) is 116 Å². The highest BCUT2D eigenvalue weighted by atomic mass is 16.4. The molecule has 13 N–H and O–H groups in total. The molecule has 0 saturated heterocycles. The summed E-state index contributed by atoms with van der Waals surface area (Å²) < 4.78 is 0. The van der Waals surface area contributed by atoms with Gasteiger partial charge in [-0.05, 0) is 31.2 Å². The maximum Gasteiger partial charge on any atom is 0.326 e. The molecule has 2 rings (SSSR count). The van der Waals surface area contributed by atoms with Crippen molar-refractivity contribution in [2.45, 2.75) is 95.5 Å². The Kier molecular flexibility index (Phi) is 18.6. The Morgan fingerprint density at radius 2 is 1.32 bits per heavy atom. The molecule has 21 heteroatoms. The molecule has 0 fully saturated rings. The fourth-order valence-electron chi connectivity index (χ4n) is 5.18. The number of primary amides is 1. The minimum Gasteiger partial charge on any atom is -0.481 e. The molecule has 56 heavy (non-hydrogen) atoms. The van der Waals surface area contributed by atoms with E-state index in [4.69, 9.17) is 11.5 Å². The molecule has 2 aromatic rings. The highest BCUT2D eigenvalue weighted by Crippen LogP contribution is 2.09. The van der Waals surface area contributed by atoms with Crippen LogP contribution in [0.25, 0.3) is 0 Å². The number of amides is 7. The lowest BCUT2D eigenvalue weighted by Gasteiger charge is -2.26. The Morgan fingerprint density at radius 3 is 1.88 bits per heavy atom. The van der Waals surface area contributed by atoms with Gasteiger partial charge in [-0.3, -0.25) is 38.4 Å². The quantitative estimate of drug-likeness (QED) is 0.0505. The summed E-state index contributed by atoms with van der Waals surface area (Å²) in [6, 6.07) is 0.272. The molecule has 21 nitrogen and oxygen atoms in total. The van der Waals surface area contributed by atoms with Gasteiger partial charge in [0.05, 0.1) is 25.3 Å². The maximum atomic E-state index is 13.6. The van der Waals surface area contributed by atoms with Gasteiger partial charge in [0.15, 0.2) is 0 Å². The van der Waals surface area contributed by atoms with E-state index in [1.807, 2.05) is 0 Å². The number of benzene rings is 1. The van der Waals surface area contributed by atoms with Crippen LogP contribution in [0.5, 0.6) is 0 Å². The molecule has 0 bridgehead atoms. The van der Waals surface area contributed by atoms with E-state index < -0.39 is 115 Å². The van der Waals surface area contributed by atoms with E-state index in [-0.39, 0.29) is 25.2 Å². The zero-order chi connectivity index (χ0) is 41.9. The van der Waals surface area contributed by atoms with Crippen LogP contribution in [0.1, 0.15) is 57.7 Å². The Morgan fingerprint density at radius 1 is 0.732 bits per heavy atom. The maximum absolute atomic E-state index is 13.6. The first kappa shape index (κ1) is 45.8. The second-order valence-corrected chi connectivity index (χ2v) is 13.4. The normalized spacial score (nSPS) is 14.1. The number of nitrogens with two attached hydrogens (primary N) is 2. The molecule has 0 saturated carbocycles. The fourth-order valence-corrected chi connectivity index (χ4v) is 5.18. The van der Waals surface area contributed by atoms with E-state index in [0.717, 1.165) is 0 Å². The Bertz CT molecular complexity index is 1690. The van der Waals surface area contributed by atoms with Gasteiger partial charge in [-0.25, -0.2) is 9.78 Å². The summed E-state index contributed by atoms with van der Waals surface area (Å²) >= 11 is 0. The summed E-state index contributed by atoms with van der Waals surface area (Å²) in [6.45, 7) is 4.26. The molecule has 0 aliphatic rings. The number of nitrogens with one attached hydrogen (secondary N) is 7. The first-order valence-corrected chi connectivity index (χ1v) is 17.6. The smallest absolute Gasteiger partial charge is 0.326 e. The van der Waals surface area contributed by atoms with E-state index in [9.17, 15) is 53.4 Å². The Labute approximate surface area is 321 Å². The zero-order valence-corrected chi connectivity index (χ0v) is 31.2. The molecule has 0 aliphatic heterocycles. The lowest BCUT2D eigenvalue weighted by molar-refractivity contribution is -0.141. The summed E-state index contributed by atoms with van der Waals surface area (Å²) in [5.41, 5.74) is 12.0. The average Bonchev–Trinajstić information content (AvgIpc) is 3.64. The van der Waals surface area contributed by atoms with Crippen molar-refractivity contribution in [3.63, 3.8) is 0 Å². The van der Waals surface area contributed by atoms with Crippen LogP contribution in [0.3, 0.4) is 0 Å². The zero-order valence-electron chi connectivity index (χ0n) is 31.2. The number of imidazole rings is 1. The van der Waals surface area contributed by atoms with Crippen LogP contribution in [0.2, 0.25) is 0 Å². The molecule has 7 amide bonds. The van der Waals surface area contributed by atoms with Crippen LogP contribution in [0, 0.1) is 5.92 Å². The molecule has 1 aromatic heterocycles. The number of hydrogen-bond donors (Lipinski definition) is 11. The van der Waals surface area contributed by atoms with Crippen molar-refractivity contribution in [1.82, 2.24) is 41.9 Å². The molecule has 306 valence electrons. The van der Waals surface area contributed by atoms with E-state index in [1.54, 1.807) is 44.2 Å². The lowest BCUT2D eigenvalue weighted by atomic mass is 10.0. The summed E-state index contributed by atoms with van der Waals surface area (Å²) in [5.74, 6) is -9.25. The third-order valence-corrected chi connectivity index (χ3v) is 8.02. The van der Waals surface area contributed by atoms with Gasteiger partial charge in [0.2, 0.25) is 41.4 Å². The lowest BCUT2D eigenvalue weighted by Crippen LogP contribution is -2.59. The molecule has 0 spiro atoms. The predicted octanol–water partition coefficient (Wildman–Crippen LogP) is -3.05. The van der Waals surface area contributed by atoms with Gasteiger partial charge in [0.1, 0.15) is 30.2 Å². The summed E-state index contributed by atoms with van der Waals surface area (Å²) in [7, 11) is 0. The highest BCUT2D eigenvalue weighted by Gasteiger charge is 2.33. The minimum absolute atomic E-state index is 0.0369. The van der Waals surface area contributed by atoms with Crippen molar-refractivity contribution in [2.75, 3.05) is 6.54 Å². The molecular weight excluding hydrogens is 736 g/mol. The number of aromatic nitrogens is 2. The first-order chi connectivity index (χ1) is 26.4. The van der Waals surface area contributed by atoms with E-state index in [0.29, 0.717) is 11.3 Å². The second kappa shape index (κ2) is 22.7. The van der Waals surface area contributed by atoms with Crippen molar-refractivity contribution in [3.05, 3.63) is 54.1 Å². The molecule has 6 atom stereocenters. The number of H-pyrrole nitrogens is 1. The van der Waals surface area contributed by atoms with Crippen molar-refractivity contribution in [3.8, 4) is 0 Å². The Hall–Kier alpha value is -6.38. The molecule has 0 unspecified atom stereocenters. The van der Waals surface area contributed by atoms with Gasteiger partial charge < -0.3 is 58.6 Å². The van der Waals surface area contributed by atoms with Gasteiger partial charge in [-0.15, -0.1) is 0 Å². The third kappa shape index (κ3) is 16.7. The number of rotatable bonds is 24. The number of carboxylic acid groups (broad SMARTS) is 2. The monoisotopic (exact) mass is 786 g/mol. The first-order valence-electron chi connectivity index (χ1n) is 17.6. The van der Waals surface area contributed by atoms with Crippen LogP contribution in [0.4, 0.5) is 0 Å². The third-order valence-electron chi connectivity index (χ3n) is 8.02. The van der Waals surface area contributed by atoms with Gasteiger partial charge >= 0.3 is 11.9 Å². The van der Waals surface area contributed by atoms with Gasteiger partial charge in [-0.1, -0.05) is 44.2 Å². The fraction of sp³-hybridized carbons (Fsp3) is 0.486. The van der Waals surface area contributed by atoms with E-state index >= 15 is 0 Å². The van der Waals surface area contributed by atoms with Crippen LogP contribution < -0.4 is 43.4 Å². The molecule has 1 aromatic carbocycles. The number of carbonyl (C=O) groups excluding carboxylic acids is 7. The highest BCUT2D eigenvalue weighted by molar-refractivity contribution is 5.98. The van der Waals surface area contributed by atoms with Crippen LogP contribution in [0.15, 0.2) is 42.9 Å². The standard InChI is InChI=1S/C35H50N10O11/c1-18(2)11-23(43-30(50)19(3)36)33(53)42-22(9-10-29(48)49)32(52)45-25(14-27(37)46)34(54)44-24(13-21-15-38-17-40-21)31(51)39-16-28(47)41-26(35(55)56)12-20-7-5-4-6-8-20/h4-8,15,17-19,22-26H,9-14,16,36H2,1-3H3,(H2,37,46)(H,38,40)(H,39,51)(H,41,47)(H,42,53)(H,43,50)(H,44,54)(H,45,52)(H,48,49)(H,55,56)/t19-,22-,23-,24-,25-,26-/m0/s1. The van der Waals surface area contributed by atoms with Gasteiger partial charge in [0.25, 0.3) is 0 Å². The summed E-state index contributed by atoms with van der Waals surface area (Å²) in [4.78, 5) is 121. The Balaban J connectivity index is 2.24. The largest absolute Gasteiger partial charge is 0.481 e. The van der Waals surface area contributed by atoms with E-state index in [2.05, 4.69) is 41.9 Å². The SMILES string of the molecule is CC(C)C[C@H](NC(=O)[C@H](C)N)C(=O)N[C@@H](CCC(=O)O)C(=O)N[C@@H](CC(N)=O)C(=O)N[C@@H](Cc1cnc[nH]1)C(=O)NCC(=O)N[C@@H](Cc1ccccc1)C(=O)O. The second-order valence-electron chi connectivity index (χ2n) is 13.4. The number of aliphatic carboxylic acids is 2. The van der Waals surface area contributed by atoms with Crippen molar-refractivity contribution in [2.24, 2.45) is 17.4 Å². The average molecular weight is 787 g/mol. The van der Waals surface area contributed by atoms with Gasteiger partial charge in [-0.2, -0.15) is 0 Å². The van der Waals surface area contributed by atoms with Crippen molar-refractivity contribution < 1.29 is 53.4 Å². The molecule has 0 aliphatic carbocycles. The molecular formula is C35H50N10O11.